The minimum absolute atomic E-state index is 0.0949. The van der Waals surface area contributed by atoms with Gasteiger partial charge in [-0.25, -0.2) is 0 Å². The Balaban J connectivity index is 2.13. The SMILES string of the molecule is O=C1CC2C1CC(O)C2Cl. The molecular weight excluding hydrogens is 152 g/mol. The van der Waals surface area contributed by atoms with Crippen molar-refractivity contribution in [2.24, 2.45) is 11.8 Å². The Kier molecular flexibility index (Phi) is 1.29. The molecule has 0 aromatic carbocycles. The van der Waals surface area contributed by atoms with Crippen LogP contribution in [0.5, 0.6) is 0 Å². The second-order valence-electron chi connectivity index (χ2n) is 3.19. The number of hydrogen-bond acceptors (Lipinski definition) is 2. The lowest BCUT2D eigenvalue weighted by Gasteiger charge is -2.29. The number of halogens is 1. The van der Waals surface area contributed by atoms with Gasteiger partial charge in [-0.1, -0.05) is 0 Å². The molecule has 2 aliphatic rings. The van der Waals surface area contributed by atoms with E-state index in [-0.39, 0.29) is 23.0 Å². The molecule has 56 valence electrons. The molecule has 2 fully saturated rings. The molecule has 2 saturated carbocycles. The van der Waals surface area contributed by atoms with Gasteiger partial charge in [0.2, 0.25) is 0 Å². The average molecular weight is 161 g/mol. The van der Waals surface area contributed by atoms with Crippen LogP contribution in [0, 0.1) is 11.8 Å². The van der Waals surface area contributed by atoms with Crippen LogP contribution < -0.4 is 0 Å². The number of carbonyl (C=O) groups excluding carboxylic acids is 1. The molecule has 2 aliphatic carbocycles. The van der Waals surface area contributed by atoms with Crippen LogP contribution in [-0.4, -0.2) is 22.4 Å². The number of rotatable bonds is 0. The smallest absolute Gasteiger partial charge is 0.136 e. The second-order valence-corrected chi connectivity index (χ2v) is 3.69. The molecule has 0 heterocycles. The summed E-state index contributed by atoms with van der Waals surface area (Å²) in [5, 5.41) is 9.05. The molecule has 4 unspecified atom stereocenters. The first-order chi connectivity index (χ1) is 4.70. The highest BCUT2D eigenvalue weighted by Crippen LogP contribution is 2.46. The normalized spacial score (nSPS) is 52.4. The molecule has 0 saturated heterocycles. The predicted molar refractivity (Wildman–Crippen MR) is 36.9 cm³/mol. The van der Waals surface area contributed by atoms with Gasteiger partial charge in [-0.3, -0.25) is 4.79 Å². The summed E-state index contributed by atoms with van der Waals surface area (Å²) < 4.78 is 0. The van der Waals surface area contributed by atoms with E-state index in [0.717, 1.165) is 0 Å². The van der Waals surface area contributed by atoms with Crippen molar-refractivity contribution in [1.29, 1.82) is 0 Å². The molecule has 3 heteroatoms. The van der Waals surface area contributed by atoms with E-state index in [1.54, 1.807) is 0 Å². The van der Waals surface area contributed by atoms with Crippen LogP contribution in [0.3, 0.4) is 0 Å². The van der Waals surface area contributed by atoms with Crippen LogP contribution in [-0.2, 0) is 4.79 Å². The van der Waals surface area contributed by atoms with Crippen molar-refractivity contribution in [2.75, 3.05) is 0 Å². The van der Waals surface area contributed by atoms with Crippen molar-refractivity contribution in [2.45, 2.75) is 24.3 Å². The van der Waals surface area contributed by atoms with Crippen LogP contribution in [0.4, 0.5) is 0 Å². The molecule has 0 aliphatic heterocycles. The van der Waals surface area contributed by atoms with E-state index < -0.39 is 6.10 Å². The summed E-state index contributed by atoms with van der Waals surface area (Å²) >= 11 is 5.82. The first kappa shape index (κ1) is 6.62. The molecule has 0 bridgehead atoms. The number of Topliss-reactive ketones (excluding diaryl/α,β-unsaturated/α-hetero) is 1. The van der Waals surface area contributed by atoms with Crippen LogP contribution in [0.1, 0.15) is 12.8 Å². The van der Waals surface area contributed by atoms with E-state index in [9.17, 15) is 9.90 Å². The topological polar surface area (TPSA) is 37.3 Å². The summed E-state index contributed by atoms with van der Waals surface area (Å²) in [4.78, 5) is 10.8. The summed E-state index contributed by atoms with van der Waals surface area (Å²) in [5.74, 6) is 0.661. The van der Waals surface area contributed by atoms with Gasteiger partial charge >= 0.3 is 0 Å². The third kappa shape index (κ3) is 0.663. The fourth-order valence-corrected chi connectivity index (χ4v) is 2.29. The lowest BCUT2D eigenvalue weighted by Crippen LogP contribution is -2.36. The zero-order valence-electron chi connectivity index (χ0n) is 5.46. The van der Waals surface area contributed by atoms with Gasteiger partial charge in [0, 0.05) is 12.3 Å². The first-order valence-corrected chi connectivity index (χ1v) is 3.98. The minimum Gasteiger partial charge on any atom is -0.392 e. The highest BCUT2D eigenvalue weighted by Gasteiger charge is 2.52. The van der Waals surface area contributed by atoms with Gasteiger partial charge in [0.25, 0.3) is 0 Å². The molecule has 2 rings (SSSR count). The summed E-state index contributed by atoms with van der Waals surface area (Å²) in [5.41, 5.74) is 0. The third-order valence-corrected chi connectivity index (χ3v) is 3.25. The number of ketones is 1. The van der Waals surface area contributed by atoms with Crippen molar-refractivity contribution in [3.8, 4) is 0 Å². The number of hydrogen-bond donors (Lipinski definition) is 1. The lowest BCUT2D eigenvalue weighted by molar-refractivity contribution is -0.132. The van der Waals surface area contributed by atoms with E-state index in [2.05, 4.69) is 0 Å². The van der Waals surface area contributed by atoms with Crippen LogP contribution >= 0.6 is 11.6 Å². The van der Waals surface area contributed by atoms with Gasteiger partial charge in [-0.2, -0.15) is 0 Å². The fourth-order valence-electron chi connectivity index (χ4n) is 1.92. The van der Waals surface area contributed by atoms with Gasteiger partial charge in [0.15, 0.2) is 0 Å². The molecule has 0 amide bonds. The lowest BCUT2D eigenvalue weighted by atomic mass is 9.75. The van der Waals surface area contributed by atoms with Gasteiger partial charge in [-0.05, 0) is 12.3 Å². The maximum Gasteiger partial charge on any atom is 0.136 e. The molecular formula is C7H9ClO2. The summed E-state index contributed by atoms with van der Waals surface area (Å²) in [6.07, 6.45) is 0.746. The standard InChI is InChI=1S/C7H9ClO2/c8-7-4-2-5(9)3(4)1-6(7)10/h3-4,6-7,10H,1-2H2. The van der Waals surface area contributed by atoms with Crippen LogP contribution in [0.2, 0.25) is 0 Å². The van der Waals surface area contributed by atoms with Gasteiger partial charge < -0.3 is 5.11 Å². The Morgan fingerprint density at radius 3 is 2.70 bits per heavy atom. The first-order valence-electron chi connectivity index (χ1n) is 3.55. The largest absolute Gasteiger partial charge is 0.392 e. The Morgan fingerprint density at radius 2 is 2.30 bits per heavy atom. The molecule has 1 N–H and O–H groups in total. The number of alkyl halides is 1. The van der Waals surface area contributed by atoms with Crippen LogP contribution in [0.25, 0.3) is 0 Å². The van der Waals surface area contributed by atoms with Gasteiger partial charge in [0.05, 0.1) is 11.5 Å². The number of aliphatic hydroxyl groups is 1. The molecule has 0 spiro atoms. The Bertz CT molecular complexity index is 180. The summed E-state index contributed by atoms with van der Waals surface area (Å²) in [6.45, 7) is 0. The van der Waals surface area contributed by atoms with E-state index in [1.807, 2.05) is 0 Å². The number of aliphatic hydroxyl groups excluding tert-OH is 1. The molecule has 4 atom stereocenters. The van der Waals surface area contributed by atoms with E-state index in [0.29, 0.717) is 12.8 Å². The second kappa shape index (κ2) is 1.95. The molecule has 0 aromatic heterocycles. The molecule has 10 heavy (non-hydrogen) atoms. The highest BCUT2D eigenvalue weighted by atomic mass is 35.5. The summed E-state index contributed by atoms with van der Waals surface area (Å²) in [7, 11) is 0. The van der Waals surface area contributed by atoms with Crippen molar-refractivity contribution >= 4 is 17.4 Å². The average Bonchev–Trinajstić information content (AvgIpc) is 2.12. The van der Waals surface area contributed by atoms with Crippen LogP contribution in [0.15, 0.2) is 0 Å². The third-order valence-electron chi connectivity index (χ3n) is 2.64. The Hall–Kier alpha value is -0.0800. The predicted octanol–water partition coefficient (Wildman–Crippen LogP) is 0.564. The summed E-state index contributed by atoms with van der Waals surface area (Å²) in [6, 6.07) is 0. The van der Waals surface area contributed by atoms with E-state index in [4.69, 9.17) is 11.6 Å². The number of carbonyl (C=O) groups is 1. The van der Waals surface area contributed by atoms with Gasteiger partial charge in [-0.15, -0.1) is 11.6 Å². The number of fused-ring (bicyclic) bond motifs is 1. The van der Waals surface area contributed by atoms with Crippen molar-refractivity contribution in [3.05, 3.63) is 0 Å². The molecule has 0 radical (unpaired) electrons. The minimum atomic E-state index is -0.442. The zero-order valence-corrected chi connectivity index (χ0v) is 6.21. The van der Waals surface area contributed by atoms with Crippen molar-refractivity contribution in [3.63, 3.8) is 0 Å². The van der Waals surface area contributed by atoms with E-state index in [1.165, 1.54) is 0 Å². The Labute approximate surface area is 64.2 Å². The van der Waals surface area contributed by atoms with Crippen molar-refractivity contribution < 1.29 is 9.90 Å². The fraction of sp³-hybridized carbons (Fsp3) is 0.857. The quantitative estimate of drug-likeness (QED) is 0.526. The molecule has 0 aromatic rings. The van der Waals surface area contributed by atoms with E-state index >= 15 is 0 Å². The molecule has 2 nitrogen and oxygen atoms in total. The van der Waals surface area contributed by atoms with Crippen molar-refractivity contribution in [1.82, 2.24) is 0 Å². The maximum atomic E-state index is 10.8. The maximum absolute atomic E-state index is 10.8. The van der Waals surface area contributed by atoms with Gasteiger partial charge in [0.1, 0.15) is 5.78 Å². The Morgan fingerprint density at radius 1 is 1.60 bits per heavy atom. The monoisotopic (exact) mass is 160 g/mol. The zero-order chi connectivity index (χ0) is 7.30. The highest BCUT2D eigenvalue weighted by molar-refractivity contribution is 6.22.